The Morgan fingerprint density at radius 1 is 1.00 bits per heavy atom. The predicted octanol–water partition coefficient (Wildman–Crippen LogP) is 3.61. The van der Waals surface area contributed by atoms with Crippen molar-refractivity contribution in [3.63, 3.8) is 0 Å². The van der Waals surface area contributed by atoms with E-state index in [9.17, 15) is 18.0 Å². The van der Waals surface area contributed by atoms with E-state index in [4.69, 9.17) is 21.1 Å². The van der Waals surface area contributed by atoms with Crippen molar-refractivity contribution in [1.29, 1.82) is 0 Å². The van der Waals surface area contributed by atoms with Gasteiger partial charge in [-0.25, -0.2) is 8.42 Å². The van der Waals surface area contributed by atoms with Gasteiger partial charge in [-0.15, -0.1) is 0 Å². The number of rotatable bonds is 11. The van der Waals surface area contributed by atoms with Gasteiger partial charge in [0.25, 0.3) is 0 Å². The molecule has 2 amide bonds. The highest BCUT2D eigenvalue weighted by Crippen LogP contribution is 2.36. The molecule has 3 aromatic carbocycles. The van der Waals surface area contributed by atoms with Gasteiger partial charge in [0.05, 0.1) is 11.9 Å². The summed E-state index contributed by atoms with van der Waals surface area (Å²) in [4.78, 5) is 28.7. The quantitative estimate of drug-likeness (QED) is 0.377. The molecular weight excluding hydrogens is 542 g/mol. The van der Waals surface area contributed by atoms with Crippen LogP contribution in [0.3, 0.4) is 0 Å². The van der Waals surface area contributed by atoms with E-state index in [-0.39, 0.29) is 31.4 Å². The molecule has 206 valence electrons. The van der Waals surface area contributed by atoms with E-state index in [1.54, 1.807) is 43.3 Å². The van der Waals surface area contributed by atoms with Crippen LogP contribution in [0.4, 0.5) is 5.69 Å². The topological polar surface area (TPSA) is 105 Å². The molecule has 39 heavy (non-hydrogen) atoms. The maximum absolute atomic E-state index is 14.0. The summed E-state index contributed by atoms with van der Waals surface area (Å²) in [6.45, 7) is 1.66. The molecule has 0 aromatic heterocycles. The van der Waals surface area contributed by atoms with Crippen LogP contribution < -0.4 is 19.1 Å². The number of sulfonamides is 1. The van der Waals surface area contributed by atoms with Crippen molar-refractivity contribution in [3.05, 3.63) is 88.9 Å². The molecule has 0 bridgehead atoms. The van der Waals surface area contributed by atoms with Gasteiger partial charge in [0.1, 0.15) is 12.6 Å². The normalized spacial score (nSPS) is 13.0. The molecular formula is C28H30ClN3O6S. The smallest absolute Gasteiger partial charge is 0.244 e. The van der Waals surface area contributed by atoms with E-state index in [1.165, 1.54) is 11.0 Å². The molecule has 1 heterocycles. The highest BCUT2D eigenvalue weighted by Gasteiger charge is 2.33. The average molecular weight is 572 g/mol. The van der Waals surface area contributed by atoms with Crippen molar-refractivity contribution in [1.82, 2.24) is 10.2 Å². The monoisotopic (exact) mass is 571 g/mol. The lowest BCUT2D eigenvalue weighted by atomic mass is 10.0. The molecule has 4 rings (SSSR count). The fourth-order valence-electron chi connectivity index (χ4n) is 4.31. The molecule has 1 atom stereocenters. The Bertz CT molecular complexity index is 1430. The molecule has 0 unspecified atom stereocenters. The van der Waals surface area contributed by atoms with Gasteiger partial charge in [-0.2, -0.15) is 0 Å². The standard InChI is InChI=1S/C28H30ClN3O6S/c1-3-30-28(34)24(15-20-9-5-4-6-10-20)31(17-21-11-7-8-12-23(21)29)27(33)18-32(39(2,35)36)22-13-14-25-26(16-22)38-19-37-25/h4-14,16,24H,3,15,17-19H2,1-2H3,(H,30,34)/t24-/m0/s1. The van der Waals surface area contributed by atoms with Crippen LogP contribution in [0, 0.1) is 0 Å². The van der Waals surface area contributed by atoms with Crippen molar-refractivity contribution < 1.29 is 27.5 Å². The summed E-state index contributed by atoms with van der Waals surface area (Å²) in [5.74, 6) is -0.0511. The molecule has 0 fully saturated rings. The van der Waals surface area contributed by atoms with Gasteiger partial charge < -0.3 is 19.7 Å². The van der Waals surface area contributed by atoms with Gasteiger partial charge in [-0.05, 0) is 36.2 Å². The molecule has 0 radical (unpaired) electrons. The second-order valence-electron chi connectivity index (χ2n) is 9.02. The third kappa shape index (κ3) is 7.01. The molecule has 0 aliphatic carbocycles. The number of fused-ring (bicyclic) bond motifs is 1. The first-order valence-corrected chi connectivity index (χ1v) is 14.6. The molecule has 1 N–H and O–H groups in total. The second-order valence-corrected chi connectivity index (χ2v) is 11.3. The first-order chi connectivity index (χ1) is 18.7. The number of nitrogens with zero attached hydrogens (tertiary/aromatic N) is 2. The number of ether oxygens (including phenoxy) is 2. The first-order valence-electron chi connectivity index (χ1n) is 12.4. The SMILES string of the molecule is CCNC(=O)[C@H](Cc1ccccc1)N(Cc1ccccc1Cl)C(=O)CN(c1ccc2c(c1)OCO2)S(C)(=O)=O. The molecule has 3 aromatic rings. The summed E-state index contributed by atoms with van der Waals surface area (Å²) in [6, 6.07) is 20.1. The number of hydrogen-bond donors (Lipinski definition) is 1. The van der Waals surface area contributed by atoms with Crippen molar-refractivity contribution in [2.75, 3.05) is 30.4 Å². The van der Waals surface area contributed by atoms with Crippen LogP contribution in [0.15, 0.2) is 72.8 Å². The van der Waals surface area contributed by atoms with E-state index < -0.39 is 28.5 Å². The van der Waals surface area contributed by atoms with Crippen molar-refractivity contribution >= 4 is 39.1 Å². The van der Waals surface area contributed by atoms with Gasteiger partial charge >= 0.3 is 0 Å². The van der Waals surface area contributed by atoms with Crippen molar-refractivity contribution in [2.45, 2.75) is 25.9 Å². The highest BCUT2D eigenvalue weighted by molar-refractivity contribution is 7.92. The number of amides is 2. The Balaban J connectivity index is 1.72. The van der Waals surface area contributed by atoms with Crippen LogP contribution in [-0.2, 0) is 32.6 Å². The van der Waals surface area contributed by atoms with E-state index >= 15 is 0 Å². The number of anilines is 1. The highest BCUT2D eigenvalue weighted by atomic mass is 35.5. The largest absolute Gasteiger partial charge is 0.454 e. The van der Waals surface area contributed by atoms with Crippen LogP contribution in [-0.4, -0.2) is 57.3 Å². The van der Waals surface area contributed by atoms with Crippen LogP contribution in [0.1, 0.15) is 18.1 Å². The Hall–Kier alpha value is -3.76. The third-order valence-electron chi connectivity index (χ3n) is 6.24. The van der Waals surface area contributed by atoms with Crippen molar-refractivity contribution in [2.24, 2.45) is 0 Å². The van der Waals surface area contributed by atoms with Crippen LogP contribution >= 0.6 is 11.6 Å². The maximum Gasteiger partial charge on any atom is 0.244 e. The molecule has 0 spiro atoms. The van der Waals surface area contributed by atoms with E-state index in [1.807, 2.05) is 30.3 Å². The molecule has 0 saturated heterocycles. The Morgan fingerprint density at radius 3 is 2.38 bits per heavy atom. The lowest BCUT2D eigenvalue weighted by molar-refractivity contribution is -0.140. The van der Waals surface area contributed by atoms with E-state index in [0.29, 0.717) is 28.6 Å². The minimum absolute atomic E-state index is 0.00584. The predicted molar refractivity (Wildman–Crippen MR) is 149 cm³/mol. The molecule has 9 nitrogen and oxygen atoms in total. The number of halogens is 1. The maximum atomic E-state index is 14.0. The molecule has 1 aliphatic heterocycles. The number of carbonyl (C=O) groups excluding carboxylic acids is 2. The summed E-state index contributed by atoms with van der Waals surface area (Å²) in [5, 5.41) is 3.25. The minimum atomic E-state index is -3.90. The fourth-order valence-corrected chi connectivity index (χ4v) is 5.35. The summed E-state index contributed by atoms with van der Waals surface area (Å²) in [7, 11) is -3.90. The molecule has 1 aliphatic rings. The summed E-state index contributed by atoms with van der Waals surface area (Å²) < 4.78 is 37.5. The Labute approximate surface area is 233 Å². The number of benzene rings is 3. The lowest BCUT2D eigenvalue weighted by Gasteiger charge is -2.33. The van der Waals surface area contributed by atoms with E-state index in [2.05, 4.69) is 5.32 Å². The number of nitrogens with one attached hydrogen (secondary N) is 1. The second kappa shape index (κ2) is 12.4. The molecule has 11 heteroatoms. The number of hydrogen-bond acceptors (Lipinski definition) is 6. The van der Waals surface area contributed by atoms with Crippen LogP contribution in [0.5, 0.6) is 11.5 Å². The fraction of sp³-hybridized carbons (Fsp3) is 0.286. The lowest BCUT2D eigenvalue weighted by Crippen LogP contribution is -2.53. The Morgan fingerprint density at radius 2 is 1.69 bits per heavy atom. The van der Waals surface area contributed by atoms with Gasteiger partial charge in [0.15, 0.2) is 11.5 Å². The van der Waals surface area contributed by atoms with E-state index in [0.717, 1.165) is 16.1 Å². The first kappa shape index (κ1) is 28.3. The molecule has 0 saturated carbocycles. The summed E-state index contributed by atoms with van der Waals surface area (Å²) in [5.41, 5.74) is 1.72. The zero-order chi connectivity index (χ0) is 28.0. The zero-order valence-corrected chi connectivity index (χ0v) is 23.2. The minimum Gasteiger partial charge on any atom is -0.454 e. The van der Waals surface area contributed by atoms with Gasteiger partial charge in [0.2, 0.25) is 28.6 Å². The third-order valence-corrected chi connectivity index (χ3v) is 7.75. The number of carbonyl (C=O) groups is 2. The van der Waals surface area contributed by atoms with Gasteiger partial charge in [-0.1, -0.05) is 60.1 Å². The van der Waals surface area contributed by atoms with Gasteiger partial charge in [-0.3, -0.25) is 13.9 Å². The summed E-state index contributed by atoms with van der Waals surface area (Å²) in [6.07, 6.45) is 1.25. The van der Waals surface area contributed by atoms with Gasteiger partial charge in [0, 0.05) is 30.6 Å². The van der Waals surface area contributed by atoms with Crippen molar-refractivity contribution in [3.8, 4) is 11.5 Å². The zero-order valence-electron chi connectivity index (χ0n) is 21.7. The number of likely N-dealkylation sites (N-methyl/N-ethyl adjacent to an activating group) is 1. The Kier molecular flexibility index (Phi) is 8.98. The van der Waals surface area contributed by atoms with Crippen LogP contribution in [0.2, 0.25) is 5.02 Å². The average Bonchev–Trinajstić information content (AvgIpc) is 3.38. The van der Waals surface area contributed by atoms with Crippen LogP contribution in [0.25, 0.3) is 0 Å². The summed E-state index contributed by atoms with van der Waals surface area (Å²) >= 11 is 6.44.